The number of nitrogens with zero attached hydrogens (tertiary/aromatic N) is 1. The molecule has 0 unspecified atom stereocenters. The van der Waals surface area contributed by atoms with Crippen LogP contribution in [0, 0.1) is 0 Å². The highest BCUT2D eigenvalue weighted by Gasteiger charge is 2.10. The summed E-state index contributed by atoms with van der Waals surface area (Å²) in [6, 6.07) is 13.8. The number of anilines is 1. The van der Waals surface area contributed by atoms with Crippen LogP contribution in [0.4, 0.5) is 5.69 Å². The van der Waals surface area contributed by atoms with Crippen LogP contribution in [0.3, 0.4) is 0 Å². The molecule has 2 N–H and O–H groups in total. The number of nitrogens with two attached hydrogens (primary N) is 1. The highest BCUT2D eigenvalue weighted by molar-refractivity contribution is 7.13. The molecule has 1 heterocycles. The summed E-state index contributed by atoms with van der Waals surface area (Å²) in [5, 5.41) is 1.64. The van der Waals surface area contributed by atoms with Gasteiger partial charge in [-0.25, -0.2) is 0 Å². The first-order chi connectivity index (χ1) is 8.25. The lowest BCUT2D eigenvalue weighted by Crippen LogP contribution is -1.85. The Balaban J connectivity index is 2.29. The Morgan fingerprint density at radius 1 is 1.12 bits per heavy atom. The number of benzene rings is 2. The summed E-state index contributed by atoms with van der Waals surface area (Å²) >= 11 is 7.44. The molecule has 0 fully saturated rings. The normalized spacial score (nSPS) is 10.9. The van der Waals surface area contributed by atoms with Gasteiger partial charge >= 0.3 is 0 Å². The number of fused-ring (bicyclic) bond motifs is 1. The summed E-state index contributed by atoms with van der Waals surface area (Å²) in [7, 11) is 0. The molecule has 0 bridgehead atoms. The zero-order valence-corrected chi connectivity index (χ0v) is 10.4. The van der Waals surface area contributed by atoms with Gasteiger partial charge in [0, 0.05) is 10.9 Å². The van der Waals surface area contributed by atoms with Crippen molar-refractivity contribution in [3.8, 4) is 11.3 Å². The summed E-state index contributed by atoms with van der Waals surface area (Å²) in [6.45, 7) is 0. The van der Waals surface area contributed by atoms with Crippen LogP contribution < -0.4 is 5.73 Å². The van der Waals surface area contributed by atoms with Gasteiger partial charge in [0.05, 0.1) is 21.1 Å². The molecule has 0 amide bonds. The molecule has 2 nitrogen and oxygen atoms in total. The van der Waals surface area contributed by atoms with Crippen LogP contribution in [0.25, 0.3) is 21.3 Å². The molecule has 0 spiro atoms. The van der Waals surface area contributed by atoms with Crippen molar-refractivity contribution >= 4 is 38.9 Å². The van der Waals surface area contributed by atoms with Crippen molar-refractivity contribution < 1.29 is 0 Å². The van der Waals surface area contributed by atoms with Gasteiger partial charge in [0.2, 0.25) is 0 Å². The molecule has 3 aromatic rings. The van der Waals surface area contributed by atoms with E-state index in [9.17, 15) is 0 Å². The number of hydrogen-bond donors (Lipinski definition) is 1. The molecule has 1 aromatic heterocycles. The largest absolute Gasteiger partial charge is 0.398 e. The Bertz CT molecular complexity index is 676. The molecule has 17 heavy (non-hydrogen) atoms. The van der Waals surface area contributed by atoms with Gasteiger partial charge in [-0.15, -0.1) is 0 Å². The first kappa shape index (κ1) is 10.6. The minimum Gasteiger partial charge on any atom is -0.398 e. The van der Waals surface area contributed by atoms with Gasteiger partial charge in [-0.05, 0) is 23.7 Å². The van der Waals surface area contributed by atoms with Gasteiger partial charge in [0.1, 0.15) is 0 Å². The van der Waals surface area contributed by atoms with Gasteiger partial charge in [0.25, 0.3) is 0 Å². The monoisotopic (exact) mass is 260 g/mol. The predicted molar refractivity (Wildman–Crippen MR) is 74.5 cm³/mol. The zero-order chi connectivity index (χ0) is 11.8. The second-order valence-corrected chi connectivity index (χ2v) is 4.98. The van der Waals surface area contributed by atoms with Gasteiger partial charge in [0.15, 0.2) is 0 Å². The fraction of sp³-hybridized carbons (Fsp3) is 0. The third-order valence-electron chi connectivity index (χ3n) is 2.64. The lowest BCUT2D eigenvalue weighted by Gasteiger charge is -2.00. The fourth-order valence-electron chi connectivity index (χ4n) is 1.78. The third-order valence-corrected chi connectivity index (χ3v) is 3.77. The van der Waals surface area contributed by atoms with Crippen LogP contribution in [0.2, 0.25) is 5.02 Å². The van der Waals surface area contributed by atoms with E-state index in [-0.39, 0.29) is 0 Å². The van der Waals surface area contributed by atoms with Crippen molar-refractivity contribution in [3.05, 3.63) is 47.5 Å². The molecular formula is C13H9ClN2S. The maximum absolute atomic E-state index is 6.00. The second kappa shape index (κ2) is 4.02. The van der Waals surface area contributed by atoms with Crippen molar-refractivity contribution in [2.75, 3.05) is 5.73 Å². The van der Waals surface area contributed by atoms with Gasteiger partial charge in [-0.2, -0.15) is 4.37 Å². The first-order valence-corrected chi connectivity index (χ1v) is 6.30. The van der Waals surface area contributed by atoms with E-state index in [1.54, 1.807) is 0 Å². The Morgan fingerprint density at radius 2 is 1.88 bits per heavy atom. The van der Waals surface area contributed by atoms with Gasteiger partial charge in [-0.3, -0.25) is 0 Å². The average Bonchev–Trinajstić information content (AvgIpc) is 2.74. The molecule has 3 rings (SSSR count). The zero-order valence-electron chi connectivity index (χ0n) is 8.85. The molecule has 0 saturated heterocycles. The van der Waals surface area contributed by atoms with Crippen molar-refractivity contribution in [3.63, 3.8) is 0 Å². The quantitative estimate of drug-likeness (QED) is 0.666. The van der Waals surface area contributed by atoms with Crippen LogP contribution in [0.1, 0.15) is 0 Å². The number of nitrogen functional groups attached to an aromatic ring is 1. The molecule has 0 aliphatic heterocycles. The highest BCUT2D eigenvalue weighted by atomic mass is 35.5. The van der Waals surface area contributed by atoms with Gasteiger partial charge in [-0.1, -0.05) is 41.9 Å². The van der Waals surface area contributed by atoms with E-state index in [4.69, 9.17) is 17.3 Å². The lowest BCUT2D eigenvalue weighted by molar-refractivity contribution is 1.54. The smallest absolute Gasteiger partial charge is 0.0920 e. The molecule has 2 aromatic carbocycles. The minimum absolute atomic E-state index is 0.584. The van der Waals surface area contributed by atoms with E-state index >= 15 is 0 Å². The summed E-state index contributed by atoms with van der Waals surface area (Å²) < 4.78 is 5.53. The predicted octanol–water partition coefficient (Wildman–Crippen LogP) is 4.20. The van der Waals surface area contributed by atoms with Crippen LogP contribution in [-0.4, -0.2) is 4.37 Å². The third kappa shape index (κ3) is 1.77. The Labute approximate surface area is 108 Å². The number of rotatable bonds is 1. The van der Waals surface area contributed by atoms with E-state index in [1.165, 1.54) is 11.5 Å². The molecule has 84 valence electrons. The lowest BCUT2D eigenvalue weighted by atomic mass is 10.1. The Kier molecular flexibility index (Phi) is 2.50. The van der Waals surface area contributed by atoms with E-state index in [1.807, 2.05) is 42.5 Å². The minimum atomic E-state index is 0.584. The molecule has 0 radical (unpaired) electrons. The number of hydrogen-bond acceptors (Lipinski definition) is 3. The maximum atomic E-state index is 6.00. The van der Waals surface area contributed by atoms with E-state index in [0.717, 1.165) is 21.3 Å². The number of halogens is 1. The van der Waals surface area contributed by atoms with Crippen LogP contribution in [-0.2, 0) is 0 Å². The fourth-order valence-corrected chi connectivity index (χ4v) is 2.83. The van der Waals surface area contributed by atoms with Crippen LogP contribution in [0.5, 0.6) is 0 Å². The molecule has 0 saturated carbocycles. The highest BCUT2D eigenvalue weighted by Crippen LogP contribution is 2.35. The summed E-state index contributed by atoms with van der Waals surface area (Å²) in [5.41, 5.74) is 8.50. The van der Waals surface area contributed by atoms with Crippen molar-refractivity contribution in [2.45, 2.75) is 0 Å². The van der Waals surface area contributed by atoms with E-state index < -0.39 is 0 Å². The first-order valence-electron chi connectivity index (χ1n) is 5.15. The molecule has 0 aliphatic rings. The van der Waals surface area contributed by atoms with Gasteiger partial charge < -0.3 is 5.73 Å². The Morgan fingerprint density at radius 3 is 2.65 bits per heavy atom. The van der Waals surface area contributed by atoms with E-state index in [2.05, 4.69) is 4.37 Å². The summed E-state index contributed by atoms with van der Waals surface area (Å²) in [5.74, 6) is 0. The molecule has 0 atom stereocenters. The van der Waals surface area contributed by atoms with Crippen molar-refractivity contribution in [2.24, 2.45) is 0 Å². The molecule has 4 heteroatoms. The number of aromatic nitrogens is 1. The molecule has 0 aliphatic carbocycles. The van der Waals surface area contributed by atoms with Crippen molar-refractivity contribution in [1.82, 2.24) is 4.37 Å². The summed E-state index contributed by atoms with van der Waals surface area (Å²) in [4.78, 5) is 0. The average molecular weight is 261 g/mol. The standard InChI is InChI=1S/C13H9ClN2S/c14-10-7-12-9(6-11(10)15)13(16-17-12)8-4-2-1-3-5-8/h1-7H,15H2. The molecular weight excluding hydrogens is 252 g/mol. The topological polar surface area (TPSA) is 38.9 Å². The van der Waals surface area contributed by atoms with Crippen molar-refractivity contribution in [1.29, 1.82) is 0 Å². The Hall–Kier alpha value is -1.58. The SMILES string of the molecule is Nc1cc2c(-c3ccccc3)nsc2cc1Cl. The van der Waals surface area contributed by atoms with E-state index in [0.29, 0.717) is 10.7 Å². The van der Waals surface area contributed by atoms with Crippen LogP contribution >= 0.6 is 23.1 Å². The van der Waals surface area contributed by atoms with Crippen LogP contribution in [0.15, 0.2) is 42.5 Å². The summed E-state index contributed by atoms with van der Waals surface area (Å²) in [6.07, 6.45) is 0. The maximum Gasteiger partial charge on any atom is 0.0920 e. The second-order valence-electron chi connectivity index (χ2n) is 3.77.